The van der Waals surface area contributed by atoms with E-state index in [1.54, 1.807) is 0 Å². The third-order valence-corrected chi connectivity index (χ3v) is 3.80. The Morgan fingerprint density at radius 1 is 1.00 bits per heavy atom. The van der Waals surface area contributed by atoms with Gasteiger partial charge in [-0.25, -0.2) is 0 Å². The molecule has 0 spiro atoms. The maximum absolute atomic E-state index is 5.84. The topological polar surface area (TPSA) is 57.4 Å². The number of para-hydroxylation sites is 1. The predicted molar refractivity (Wildman–Crippen MR) is 84.4 cm³/mol. The van der Waals surface area contributed by atoms with Gasteiger partial charge in [0.25, 0.3) is 5.89 Å². The third-order valence-electron chi connectivity index (χ3n) is 3.80. The summed E-state index contributed by atoms with van der Waals surface area (Å²) in [6, 6.07) is 17.3. The van der Waals surface area contributed by atoms with E-state index in [1.165, 1.54) is 0 Å². The summed E-state index contributed by atoms with van der Waals surface area (Å²) in [4.78, 5) is 4.50. The van der Waals surface area contributed by atoms with Crippen molar-refractivity contribution in [1.82, 2.24) is 10.1 Å². The van der Waals surface area contributed by atoms with E-state index < -0.39 is 0 Å². The first-order valence-electron chi connectivity index (χ1n) is 7.63. The largest absolute Gasteiger partial charge is 0.457 e. The van der Waals surface area contributed by atoms with Gasteiger partial charge in [-0.15, -0.1) is 0 Å². The molecule has 2 aromatic carbocycles. The molecular formula is C18H16N2O3. The number of hydrogen-bond acceptors (Lipinski definition) is 5. The lowest BCUT2D eigenvalue weighted by Crippen LogP contribution is -1.99. The van der Waals surface area contributed by atoms with Crippen LogP contribution in [0.3, 0.4) is 0 Å². The Morgan fingerprint density at radius 2 is 1.87 bits per heavy atom. The number of aromatic nitrogens is 2. The second kappa shape index (κ2) is 6.22. The Bertz CT molecular complexity index is 780. The first-order chi connectivity index (χ1) is 11.4. The molecule has 0 amide bonds. The molecule has 0 bridgehead atoms. The van der Waals surface area contributed by atoms with Gasteiger partial charge in [-0.05, 0) is 36.8 Å². The third kappa shape index (κ3) is 3.10. The molecule has 23 heavy (non-hydrogen) atoms. The lowest BCUT2D eigenvalue weighted by molar-refractivity contribution is 0.192. The van der Waals surface area contributed by atoms with Crippen LogP contribution in [0.4, 0.5) is 0 Å². The fourth-order valence-corrected chi connectivity index (χ4v) is 2.57. The summed E-state index contributed by atoms with van der Waals surface area (Å²) < 4.78 is 16.6. The van der Waals surface area contributed by atoms with Crippen molar-refractivity contribution in [3.8, 4) is 23.0 Å². The first-order valence-corrected chi connectivity index (χ1v) is 7.63. The molecule has 0 aliphatic carbocycles. The molecule has 116 valence electrons. The van der Waals surface area contributed by atoms with Crippen LogP contribution in [0.25, 0.3) is 11.5 Å². The summed E-state index contributed by atoms with van der Waals surface area (Å²) in [5.74, 6) is 2.98. The van der Waals surface area contributed by atoms with Crippen LogP contribution < -0.4 is 4.74 Å². The lowest BCUT2D eigenvalue weighted by Gasteiger charge is -2.05. The smallest absolute Gasteiger partial charge is 0.258 e. The van der Waals surface area contributed by atoms with E-state index in [0.29, 0.717) is 18.3 Å². The Balaban J connectivity index is 1.56. The summed E-state index contributed by atoms with van der Waals surface area (Å²) in [5, 5.41) is 4.08. The second-order valence-electron chi connectivity index (χ2n) is 5.46. The Morgan fingerprint density at radius 3 is 2.70 bits per heavy atom. The SMILES string of the molecule is c1ccc(Oc2cccc(-c3nc(C4CCOC4)no3)c2)cc1. The van der Waals surface area contributed by atoms with Crippen LogP contribution in [0.2, 0.25) is 0 Å². The second-order valence-corrected chi connectivity index (χ2v) is 5.46. The standard InChI is InChI=1S/C18H16N2O3/c1-2-6-15(7-3-1)22-16-8-4-5-13(11-16)18-19-17(20-23-18)14-9-10-21-12-14/h1-8,11,14H,9-10,12H2. The molecule has 2 heterocycles. The molecular weight excluding hydrogens is 292 g/mol. The molecule has 1 aliphatic heterocycles. The molecule has 0 N–H and O–H groups in total. The summed E-state index contributed by atoms with van der Waals surface area (Å²) >= 11 is 0. The van der Waals surface area contributed by atoms with Crippen LogP contribution in [0.5, 0.6) is 11.5 Å². The van der Waals surface area contributed by atoms with E-state index in [2.05, 4.69) is 10.1 Å². The minimum atomic E-state index is 0.233. The van der Waals surface area contributed by atoms with Crippen LogP contribution in [-0.2, 0) is 4.74 Å². The van der Waals surface area contributed by atoms with E-state index >= 15 is 0 Å². The van der Waals surface area contributed by atoms with Gasteiger partial charge in [0.15, 0.2) is 5.82 Å². The van der Waals surface area contributed by atoms with Gasteiger partial charge >= 0.3 is 0 Å². The monoisotopic (exact) mass is 308 g/mol. The van der Waals surface area contributed by atoms with Crippen molar-refractivity contribution in [2.75, 3.05) is 13.2 Å². The highest BCUT2D eigenvalue weighted by Crippen LogP contribution is 2.28. The van der Waals surface area contributed by atoms with Crippen LogP contribution in [0.1, 0.15) is 18.2 Å². The van der Waals surface area contributed by atoms with E-state index in [4.69, 9.17) is 14.0 Å². The van der Waals surface area contributed by atoms with Crippen molar-refractivity contribution < 1.29 is 14.0 Å². The van der Waals surface area contributed by atoms with Crippen molar-refractivity contribution in [1.29, 1.82) is 0 Å². The van der Waals surface area contributed by atoms with Crippen LogP contribution in [-0.4, -0.2) is 23.4 Å². The van der Waals surface area contributed by atoms with Crippen molar-refractivity contribution >= 4 is 0 Å². The van der Waals surface area contributed by atoms with Gasteiger partial charge < -0.3 is 14.0 Å². The van der Waals surface area contributed by atoms with Crippen molar-refractivity contribution in [3.05, 3.63) is 60.4 Å². The minimum Gasteiger partial charge on any atom is -0.457 e. The highest BCUT2D eigenvalue weighted by atomic mass is 16.5. The highest BCUT2D eigenvalue weighted by molar-refractivity contribution is 5.56. The van der Waals surface area contributed by atoms with Gasteiger partial charge in [-0.1, -0.05) is 29.4 Å². The molecule has 0 saturated carbocycles. The Kier molecular flexibility index (Phi) is 3.78. The zero-order valence-electron chi connectivity index (χ0n) is 12.5. The van der Waals surface area contributed by atoms with Crippen molar-refractivity contribution in [2.45, 2.75) is 12.3 Å². The predicted octanol–water partition coefficient (Wildman–Crippen LogP) is 4.03. The number of ether oxygens (including phenoxy) is 2. The molecule has 4 rings (SSSR count). The molecule has 1 aromatic heterocycles. The number of nitrogens with zero attached hydrogens (tertiary/aromatic N) is 2. The van der Waals surface area contributed by atoms with Crippen molar-refractivity contribution in [2.24, 2.45) is 0 Å². The molecule has 1 atom stereocenters. The Labute approximate surface area is 133 Å². The fourth-order valence-electron chi connectivity index (χ4n) is 2.57. The average Bonchev–Trinajstić information content (AvgIpc) is 3.28. The summed E-state index contributed by atoms with van der Waals surface area (Å²) in [6.45, 7) is 1.42. The molecule has 1 unspecified atom stereocenters. The summed E-state index contributed by atoms with van der Waals surface area (Å²) in [6.07, 6.45) is 0.941. The van der Waals surface area contributed by atoms with Gasteiger partial charge in [0.05, 0.1) is 6.61 Å². The van der Waals surface area contributed by atoms with Crippen LogP contribution in [0, 0.1) is 0 Å². The fraction of sp³-hybridized carbons (Fsp3) is 0.222. The quantitative estimate of drug-likeness (QED) is 0.728. The van der Waals surface area contributed by atoms with Gasteiger partial charge in [-0.2, -0.15) is 4.98 Å². The zero-order chi connectivity index (χ0) is 15.5. The molecule has 1 aliphatic rings. The Hall–Kier alpha value is -2.66. The van der Waals surface area contributed by atoms with Gasteiger partial charge in [0.2, 0.25) is 0 Å². The summed E-state index contributed by atoms with van der Waals surface area (Å²) in [5.41, 5.74) is 0.844. The molecule has 1 fully saturated rings. The normalized spacial score (nSPS) is 17.3. The maximum Gasteiger partial charge on any atom is 0.258 e. The van der Waals surface area contributed by atoms with Crippen molar-refractivity contribution in [3.63, 3.8) is 0 Å². The van der Waals surface area contributed by atoms with Gasteiger partial charge in [0.1, 0.15) is 11.5 Å². The van der Waals surface area contributed by atoms with Crippen LogP contribution >= 0.6 is 0 Å². The number of hydrogen-bond donors (Lipinski definition) is 0. The number of rotatable bonds is 4. The molecule has 3 aromatic rings. The van der Waals surface area contributed by atoms with E-state index in [0.717, 1.165) is 30.1 Å². The maximum atomic E-state index is 5.84. The minimum absolute atomic E-state index is 0.233. The van der Waals surface area contributed by atoms with Crippen LogP contribution in [0.15, 0.2) is 59.1 Å². The van der Waals surface area contributed by atoms with E-state index in [-0.39, 0.29) is 5.92 Å². The van der Waals surface area contributed by atoms with Gasteiger partial charge in [0, 0.05) is 18.1 Å². The summed E-state index contributed by atoms with van der Waals surface area (Å²) in [7, 11) is 0. The number of benzene rings is 2. The molecule has 5 nitrogen and oxygen atoms in total. The first kappa shape index (κ1) is 14.0. The zero-order valence-corrected chi connectivity index (χ0v) is 12.5. The lowest BCUT2D eigenvalue weighted by atomic mass is 10.1. The van der Waals surface area contributed by atoms with E-state index in [1.807, 2.05) is 54.6 Å². The average molecular weight is 308 g/mol. The van der Waals surface area contributed by atoms with E-state index in [9.17, 15) is 0 Å². The van der Waals surface area contributed by atoms with Gasteiger partial charge in [-0.3, -0.25) is 0 Å². The molecule has 1 saturated heterocycles. The highest BCUT2D eigenvalue weighted by Gasteiger charge is 2.23. The molecule has 0 radical (unpaired) electrons. The molecule has 5 heteroatoms.